The number of nitrogens with one attached hydrogen (secondary N) is 1. The van der Waals surface area contributed by atoms with Gasteiger partial charge in [-0.1, -0.05) is 6.07 Å². The van der Waals surface area contributed by atoms with Crippen LogP contribution in [0.15, 0.2) is 53.4 Å². The Morgan fingerprint density at radius 1 is 1.12 bits per heavy atom. The maximum absolute atomic E-state index is 12.5. The van der Waals surface area contributed by atoms with Crippen LogP contribution in [0, 0.1) is 0 Å². The number of rotatable bonds is 7. The van der Waals surface area contributed by atoms with Crippen LogP contribution < -0.4 is 9.46 Å². The SMILES string of the molecule is COc1ccc(S(=O)(=O)Nc2cccc(C(=O)O)c2)cc1/C=C/C(=O)O. The zero-order valence-electron chi connectivity index (χ0n) is 13.5. The third-order valence-corrected chi connectivity index (χ3v) is 4.66. The smallest absolute Gasteiger partial charge is 0.335 e. The quantitative estimate of drug-likeness (QED) is 0.631. The molecule has 26 heavy (non-hydrogen) atoms. The molecule has 0 fully saturated rings. The van der Waals surface area contributed by atoms with E-state index in [2.05, 4.69) is 4.72 Å². The summed E-state index contributed by atoms with van der Waals surface area (Å²) in [7, 11) is -2.65. The van der Waals surface area contributed by atoms with E-state index in [0.717, 1.165) is 6.08 Å². The van der Waals surface area contributed by atoms with E-state index < -0.39 is 22.0 Å². The fourth-order valence-electron chi connectivity index (χ4n) is 2.10. The Balaban J connectivity index is 2.39. The number of anilines is 1. The van der Waals surface area contributed by atoms with Crippen LogP contribution in [0.2, 0.25) is 0 Å². The van der Waals surface area contributed by atoms with Crippen LogP contribution in [0.4, 0.5) is 5.69 Å². The van der Waals surface area contributed by atoms with Crippen molar-refractivity contribution in [2.24, 2.45) is 0 Å². The lowest BCUT2D eigenvalue weighted by Gasteiger charge is -2.11. The zero-order chi connectivity index (χ0) is 19.3. The summed E-state index contributed by atoms with van der Waals surface area (Å²) in [5.74, 6) is -2.07. The second-order valence-electron chi connectivity index (χ2n) is 5.07. The Bertz CT molecular complexity index is 980. The van der Waals surface area contributed by atoms with Crippen molar-refractivity contribution in [2.75, 3.05) is 11.8 Å². The Labute approximate surface area is 149 Å². The van der Waals surface area contributed by atoms with E-state index in [1.807, 2.05) is 0 Å². The highest BCUT2D eigenvalue weighted by atomic mass is 32.2. The van der Waals surface area contributed by atoms with Gasteiger partial charge in [0.2, 0.25) is 0 Å². The Kier molecular flexibility index (Phi) is 5.63. The Hall–Kier alpha value is -3.33. The summed E-state index contributed by atoms with van der Waals surface area (Å²) >= 11 is 0. The predicted octanol–water partition coefficient (Wildman–Crippen LogP) is 2.29. The molecule has 0 atom stereocenters. The minimum atomic E-state index is -4.02. The lowest BCUT2D eigenvalue weighted by molar-refractivity contribution is -0.131. The van der Waals surface area contributed by atoms with E-state index in [1.165, 1.54) is 55.7 Å². The van der Waals surface area contributed by atoms with Gasteiger partial charge in [0, 0.05) is 17.3 Å². The summed E-state index contributed by atoms with van der Waals surface area (Å²) in [5, 5.41) is 17.7. The summed E-state index contributed by atoms with van der Waals surface area (Å²) < 4.78 is 32.4. The number of sulfonamides is 1. The predicted molar refractivity (Wildman–Crippen MR) is 93.9 cm³/mol. The zero-order valence-corrected chi connectivity index (χ0v) is 14.4. The lowest BCUT2D eigenvalue weighted by atomic mass is 10.2. The monoisotopic (exact) mass is 377 g/mol. The molecule has 0 saturated heterocycles. The first kappa shape index (κ1) is 19.0. The first-order valence-electron chi connectivity index (χ1n) is 7.18. The molecule has 3 N–H and O–H groups in total. The molecule has 8 nitrogen and oxygen atoms in total. The molecule has 0 aliphatic rings. The van der Waals surface area contributed by atoms with Crippen LogP contribution in [0.3, 0.4) is 0 Å². The summed E-state index contributed by atoms with van der Waals surface area (Å²) in [6.45, 7) is 0. The van der Waals surface area contributed by atoms with Crippen molar-refractivity contribution in [1.29, 1.82) is 0 Å². The van der Waals surface area contributed by atoms with Crippen LogP contribution in [0.5, 0.6) is 5.75 Å². The van der Waals surface area contributed by atoms with Gasteiger partial charge in [0.15, 0.2) is 0 Å². The van der Waals surface area contributed by atoms with Gasteiger partial charge in [-0.25, -0.2) is 18.0 Å². The average molecular weight is 377 g/mol. The van der Waals surface area contributed by atoms with E-state index in [0.29, 0.717) is 5.75 Å². The molecule has 0 radical (unpaired) electrons. The fourth-order valence-corrected chi connectivity index (χ4v) is 3.19. The largest absolute Gasteiger partial charge is 0.496 e. The number of hydrogen-bond donors (Lipinski definition) is 3. The van der Waals surface area contributed by atoms with Gasteiger partial charge in [0.1, 0.15) is 5.75 Å². The molecule has 2 aromatic carbocycles. The highest BCUT2D eigenvalue weighted by Gasteiger charge is 2.17. The molecule has 0 amide bonds. The fraction of sp³-hybridized carbons (Fsp3) is 0.0588. The number of hydrogen-bond acceptors (Lipinski definition) is 5. The number of methoxy groups -OCH3 is 1. The maximum atomic E-state index is 12.5. The molecule has 0 aliphatic heterocycles. The number of carbonyl (C=O) groups is 2. The number of ether oxygens (including phenoxy) is 1. The van der Waals surface area contributed by atoms with E-state index in [-0.39, 0.29) is 21.7 Å². The van der Waals surface area contributed by atoms with Gasteiger partial charge in [0.25, 0.3) is 10.0 Å². The topological polar surface area (TPSA) is 130 Å². The summed E-state index contributed by atoms with van der Waals surface area (Å²) in [4.78, 5) is 21.5. The van der Waals surface area contributed by atoms with Gasteiger partial charge in [-0.3, -0.25) is 4.72 Å². The molecule has 2 rings (SSSR count). The number of aliphatic carboxylic acids is 1. The molecular formula is C17H15NO7S. The molecule has 0 bridgehead atoms. The van der Waals surface area contributed by atoms with Crippen LogP contribution in [-0.2, 0) is 14.8 Å². The van der Waals surface area contributed by atoms with Gasteiger partial charge >= 0.3 is 11.9 Å². The van der Waals surface area contributed by atoms with Crippen molar-refractivity contribution < 1.29 is 33.0 Å². The van der Waals surface area contributed by atoms with E-state index in [9.17, 15) is 18.0 Å². The lowest BCUT2D eigenvalue weighted by Crippen LogP contribution is -2.13. The average Bonchev–Trinajstić information content (AvgIpc) is 2.59. The van der Waals surface area contributed by atoms with E-state index in [4.69, 9.17) is 14.9 Å². The third-order valence-electron chi connectivity index (χ3n) is 3.28. The Morgan fingerprint density at radius 3 is 2.46 bits per heavy atom. The van der Waals surface area contributed by atoms with Crippen LogP contribution >= 0.6 is 0 Å². The molecule has 0 aromatic heterocycles. The molecule has 9 heteroatoms. The van der Waals surface area contributed by atoms with E-state index in [1.54, 1.807) is 0 Å². The highest BCUT2D eigenvalue weighted by molar-refractivity contribution is 7.92. The summed E-state index contributed by atoms with van der Waals surface area (Å²) in [6, 6.07) is 9.29. The Morgan fingerprint density at radius 2 is 1.85 bits per heavy atom. The van der Waals surface area contributed by atoms with Crippen LogP contribution in [0.1, 0.15) is 15.9 Å². The van der Waals surface area contributed by atoms with Crippen molar-refractivity contribution >= 4 is 33.7 Å². The van der Waals surface area contributed by atoms with Crippen molar-refractivity contribution in [2.45, 2.75) is 4.90 Å². The molecule has 0 heterocycles. The van der Waals surface area contributed by atoms with Crippen molar-refractivity contribution in [3.8, 4) is 5.75 Å². The second-order valence-corrected chi connectivity index (χ2v) is 6.75. The van der Waals surface area contributed by atoms with Crippen molar-refractivity contribution in [1.82, 2.24) is 0 Å². The van der Waals surface area contributed by atoms with Gasteiger partial charge in [-0.05, 0) is 42.5 Å². The maximum Gasteiger partial charge on any atom is 0.335 e. The molecule has 0 saturated carbocycles. The van der Waals surface area contributed by atoms with Crippen molar-refractivity contribution in [3.05, 3.63) is 59.7 Å². The molecule has 0 aliphatic carbocycles. The van der Waals surface area contributed by atoms with E-state index >= 15 is 0 Å². The highest BCUT2D eigenvalue weighted by Crippen LogP contribution is 2.25. The van der Waals surface area contributed by atoms with Crippen molar-refractivity contribution in [3.63, 3.8) is 0 Å². The molecule has 0 spiro atoms. The van der Waals surface area contributed by atoms with Gasteiger partial charge in [-0.2, -0.15) is 0 Å². The first-order valence-corrected chi connectivity index (χ1v) is 8.66. The molecule has 136 valence electrons. The molecule has 0 unspecified atom stereocenters. The summed E-state index contributed by atoms with van der Waals surface area (Å²) in [6.07, 6.45) is 2.07. The standard InChI is InChI=1S/C17H15NO7S/c1-25-15-7-6-14(10-11(15)5-8-16(19)20)26(23,24)18-13-4-2-3-12(9-13)17(21)22/h2-10,18H,1H3,(H,19,20)(H,21,22)/b8-5+. The third kappa shape index (κ3) is 4.61. The van der Waals surface area contributed by atoms with Gasteiger partial charge < -0.3 is 14.9 Å². The number of benzene rings is 2. The second kappa shape index (κ2) is 7.70. The van der Waals surface area contributed by atoms with Gasteiger partial charge in [-0.15, -0.1) is 0 Å². The number of carboxylic acids is 2. The minimum absolute atomic E-state index is 0.0648. The normalized spacial score (nSPS) is 11.3. The summed E-state index contributed by atoms with van der Waals surface area (Å²) in [5.41, 5.74) is 0.283. The first-order chi connectivity index (χ1) is 12.2. The molecular weight excluding hydrogens is 362 g/mol. The molecule has 2 aromatic rings. The van der Waals surface area contributed by atoms with Crippen LogP contribution in [0.25, 0.3) is 6.08 Å². The number of aromatic carboxylic acids is 1. The minimum Gasteiger partial charge on any atom is -0.496 e. The van der Waals surface area contributed by atoms with Crippen LogP contribution in [-0.4, -0.2) is 37.7 Å². The van der Waals surface area contributed by atoms with Gasteiger partial charge in [0.05, 0.1) is 17.6 Å². The number of carboxylic acid groups (broad SMARTS) is 2.